The van der Waals surface area contributed by atoms with Crippen LogP contribution in [0.5, 0.6) is 0 Å². The summed E-state index contributed by atoms with van der Waals surface area (Å²) in [6.45, 7) is 0.611. The van der Waals surface area contributed by atoms with Gasteiger partial charge in [0.2, 0.25) is 5.91 Å². The number of nitrogen functional groups attached to an aromatic ring is 1. The maximum atomic E-state index is 11.7. The molecule has 86 valence electrons. The third-order valence-corrected chi connectivity index (χ3v) is 4.66. The number of halogens is 2. The summed E-state index contributed by atoms with van der Waals surface area (Å²) in [6, 6.07) is 3.64. The van der Waals surface area contributed by atoms with Gasteiger partial charge in [-0.1, -0.05) is 0 Å². The Hall–Kier alpha value is -0.200. The van der Waals surface area contributed by atoms with Gasteiger partial charge in [-0.2, -0.15) is 12.6 Å². The minimum Gasteiger partial charge on any atom is -0.397 e. The largest absolute Gasteiger partial charge is 0.397 e. The van der Waals surface area contributed by atoms with Crippen molar-refractivity contribution in [1.29, 1.82) is 0 Å². The van der Waals surface area contributed by atoms with Crippen molar-refractivity contribution in [2.75, 3.05) is 17.2 Å². The van der Waals surface area contributed by atoms with Crippen LogP contribution in [0.15, 0.2) is 21.1 Å². The number of thiol groups is 1. The number of carbonyl (C=O) groups excluding carboxylic acids is 1. The molecule has 1 aliphatic heterocycles. The van der Waals surface area contributed by atoms with Gasteiger partial charge in [0.15, 0.2) is 0 Å². The van der Waals surface area contributed by atoms with E-state index in [1.165, 1.54) is 0 Å². The van der Waals surface area contributed by atoms with E-state index >= 15 is 0 Å². The van der Waals surface area contributed by atoms with Crippen molar-refractivity contribution in [3.05, 3.63) is 21.1 Å². The predicted octanol–water partition coefficient (Wildman–Crippen LogP) is 2.83. The zero-order valence-electron chi connectivity index (χ0n) is 8.28. The lowest BCUT2D eigenvalue weighted by Crippen LogP contribution is -2.25. The van der Waals surface area contributed by atoms with Crippen molar-refractivity contribution in [1.82, 2.24) is 0 Å². The second-order valence-corrected chi connectivity index (χ2v) is 6.13. The first-order valence-electron chi connectivity index (χ1n) is 4.72. The molecule has 0 spiro atoms. The fourth-order valence-electron chi connectivity index (χ4n) is 1.71. The van der Waals surface area contributed by atoms with Gasteiger partial charge in [0.25, 0.3) is 0 Å². The lowest BCUT2D eigenvalue weighted by molar-refractivity contribution is -0.117. The van der Waals surface area contributed by atoms with Crippen LogP contribution >= 0.6 is 44.5 Å². The first-order chi connectivity index (χ1) is 7.49. The molecule has 6 heteroatoms. The van der Waals surface area contributed by atoms with E-state index in [4.69, 9.17) is 5.73 Å². The van der Waals surface area contributed by atoms with Crippen molar-refractivity contribution in [2.24, 2.45) is 0 Å². The summed E-state index contributed by atoms with van der Waals surface area (Å²) in [5.41, 5.74) is 7.24. The van der Waals surface area contributed by atoms with Gasteiger partial charge in [-0.15, -0.1) is 0 Å². The lowest BCUT2D eigenvalue weighted by atomic mass is 10.2. The number of nitrogens with two attached hydrogens (primary N) is 1. The Kier molecular flexibility index (Phi) is 3.51. The molecule has 1 unspecified atom stereocenters. The summed E-state index contributed by atoms with van der Waals surface area (Å²) in [4.78, 5) is 13.4. The molecule has 1 aromatic rings. The summed E-state index contributed by atoms with van der Waals surface area (Å²) < 4.78 is 1.76. The van der Waals surface area contributed by atoms with Gasteiger partial charge in [-0.25, -0.2) is 0 Å². The number of hydrogen-bond donors (Lipinski definition) is 2. The van der Waals surface area contributed by atoms with E-state index in [0.717, 1.165) is 14.6 Å². The average molecular weight is 366 g/mol. The Morgan fingerprint density at radius 1 is 1.38 bits per heavy atom. The van der Waals surface area contributed by atoms with E-state index in [-0.39, 0.29) is 11.2 Å². The normalized spacial score (nSPS) is 20.6. The molecule has 0 bridgehead atoms. The molecule has 0 aromatic heterocycles. The smallest absolute Gasteiger partial charge is 0.228 e. The van der Waals surface area contributed by atoms with Crippen LogP contribution in [-0.4, -0.2) is 17.7 Å². The standard InChI is InChI=1S/C10H10Br2N2OS/c11-6-2-8(13)9(3-7(6)12)14-4-5(16)1-10(14)15/h2-3,5,16H,1,4,13H2. The first kappa shape index (κ1) is 12.3. The van der Waals surface area contributed by atoms with E-state index in [1.54, 1.807) is 11.0 Å². The van der Waals surface area contributed by atoms with Crippen LogP contribution in [0.4, 0.5) is 11.4 Å². The Morgan fingerprint density at radius 3 is 2.56 bits per heavy atom. The highest BCUT2D eigenvalue weighted by Gasteiger charge is 2.29. The van der Waals surface area contributed by atoms with Crippen molar-refractivity contribution in [2.45, 2.75) is 11.7 Å². The van der Waals surface area contributed by atoms with Gasteiger partial charge in [0.05, 0.1) is 11.4 Å². The molecule has 3 nitrogen and oxygen atoms in total. The molecule has 0 aliphatic carbocycles. The Labute approximate surface area is 116 Å². The molecule has 2 N–H and O–H groups in total. The van der Waals surface area contributed by atoms with E-state index in [9.17, 15) is 4.79 Å². The minimum atomic E-state index is 0.0703. The highest BCUT2D eigenvalue weighted by atomic mass is 79.9. The molecular formula is C10H10Br2N2OS. The maximum Gasteiger partial charge on any atom is 0.228 e. The monoisotopic (exact) mass is 364 g/mol. The third kappa shape index (κ3) is 2.24. The lowest BCUT2D eigenvalue weighted by Gasteiger charge is -2.19. The summed E-state index contributed by atoms with van der Waals surface area (Å²) >= 11 is 11.1. The molecule has 1 fully saturated rings. The van der Waals surface area contributed by atoms with Crippen molar-refractivity contribution in [3.8, 4) is 0 Å². The van der Waals surface area contributed by atoms with Crippen LogP contribution in [0.3, 0.4) is 0 Å². The van der Waals surface area contributed by atoms with Gasteiger partial charge in [-0.05, 0) is 44.0 Å². The van der Waals surface area contributed by atoms with E-state index < -0.39 is 0 Å². The minimum absolute atomic E-state index is 0.0703. The van der Waals surface area contributed by atoms with Crippen LogP contribution < -0.4 is 10.6 Å². The molecule has 0 saturated carbocycles. The summed E-state index contributed by atoms with van der Waals surface area (Å²) in [7, 11) is 0. The van der Waals surface area contributed by atoms with E-state index in [0.29, 0.717) is 18.7 Å². The number of carbonyl (C=O) groups is 1. The zero-order chi connectivity index (χ0) is 11.9. The van der Waals surface area contributed by atoms with Crippen LogP contribution in [0.2, 0.25) is 0 Å². The number of anilines is 2. The fourth-order valence-corrected chi connectivity index (χ4v) is 2.72. The number of benzene rings is 1. The number of amides is 1. The van der Waals surface area contributed by atoms with Crippen LogP contribution in [0.1, 0.15) is 6.42 Å². The molecular weight excluding hydrogens is 356 g/mol. The Bertz CT molecular complexity index is 453. The summed E-state index contributed by atoms with van der Waals surface area (Å²) in [5, 5.41) is 0.0920. The SMILES string of the molecule is Nc1cc(Br)c(Br)cc1N1CC(S)CC1=O. The second-order valence-electron chi connectivity index (χ2n) is 3.69. The number of nitrogens with zero attached hydrogens (tertiary/aromatic N) is 1. The molecule has 1 amide bonds. The van der Waals surface area contributed by atoms with Gasteiger partial charge in [0, 0.05) is 27.2 Å². The topological polar surface area (TPSA) is 46.3 Å². The van der Waals surface area contributed by atoms with Crippen molar-refractivity contribution >= 4 is 61.8 Å². The molecule has 16 heavy (non-hydrogen) atoms. The second kappa shape index (κ2) is 4.58. The van der Waals surface area contributed by atoms with Crippen LogP contribution in [0.25, 0.3) is 0 Å². The van der Waals surface area contributed by atoms with Gasteiger partial charge >= 0.3 is 0 Å². The van der Waals surface area contributed by atoms with E-state index in [2.05, 4.69) is 44.5 Å². The highest BCUT2D eigenvalue weighted by molar-refractivity contribution is 9.13. The molecule has 1 aromatic carbocycles. The Balaban J connectivity index is 2.41. The molecule has 1 atom stereocenters. The summed E-state index contributed by atoms with van der Waals surface area (Å²) in [6.07, 6.45) is 0.468. The van der Waals surface area contributed by atoms with Crippen molar-refractivity contribution in [3.63, 3.8) is 0 Å². The van der Waals surface area contributed by atoms with Gasteiger partial charge in [-0.3, -0.25) is 4.79 Å². The van der Waals surface area contributed by atoms with Gasteiger partial charge < -0.3 is 10.6 Å². The van der Waals surface area contributed by atoms with Crippen LogP contribution in [0, 0.1) is 0 Å². The van der Waals surface area contributed by atoms with E-state index in [1.807, 2.05) is 6.07 Å². The predicted molar refractivity (Wildman–Crippen MR) is 76.0 cm³/mol. The fraction of sp³-hybridized carbons (Fsp3) is 0.300. The van der Waals surface area contributed by atoms with Gasteiger partial charge in [0.1, 0.15) is 0 Å². The molecule has 0 radical (unpaired) electrons. The molecule has 1 saturated heterocycles. The van der Waals surface area contributed by atoms with Crippen molar-refractivity contribution < 1.29 is 4.79 Å². The zero-order valence-corrected chi connectivity index (χ0v) is 12.3. The Morgan fingerprint density at radius 2 is 2.00 bits per heavy atom. The molecule has 1 aliphatic rings. The average Bonchev–Trinajstić information content (AvgIpc) is 2.51. The first-order valence-corrected chi connectivity index (χ1v) is 6.82. The maximum absolute atomic E-state index is 11.7. The molecule has 1 heterocycles. The quantitative estimate of drug-likeness (QED) is 0.593. The number of rotatable bonds is 1. The third-order valence-electron chi connectivity index (χ3n) is 2.47. The number of hydrogen-bond acceptors (Lipinski definition) is 3. The molecule has 2 rings (SSSR count). The highest BCUT2D eigenvalue weighted by Crippen LogP contribution is 2.35. The summed E-state index contributed by atoms with van der Waals surface area (Å²) in [5.74, 6) is 0.0703. The van der Waals surface area contributed by atoms with Crippen LogP contribution in [-0.2, 0) is 4.79 Å².